The Bertz CT molecular complexity index is 366. The van der Waals surface area contributed by atoms with Crippen molar-refractivity contribution in [2.24, 2.45) is 0 Å². The molecule has 1 aromatic carbocycles. The summed E-state index contributed by atoms with van der Waals surface area (Å²) in [5.74, 6) is 0.688. The molecule has 0 saturated carbocycles. The predicted octanol–water partition coefficient (Wildman–Crippen LogP) is 4.23. The van der Waals surface area contributed by atoms with Crippen LogP contribution in [0.3, 0.4) is 0 Å². The van der Waals surface area contributed by atoms with Gasteiger partial charge < -0.3 is 0 Å². The molecule has 1 aliphatic rings. The maximum Gasteiger partial charge on any atom is 0.0165 e. The molecule has 0 spiro atoms. The molecule has 0 bridgehead atoms. The summed E-state index contributed by atoms with van der Waals surface area (Å²) in [6.07, 6.45) is 5.13. The highest BCUT2D eigenvalue weighted by molar-refractivity contribution is 5.33. The van der Waals surface area contributed by atoms with E-state index in [2.05, 4.69) is 49.9 Å². The van der Waals surface area contributed by atoms with Gasteiger partial charge in [-0.15, -0.1) is 0 Å². The first-order chi connectivity index (χ1) is 8.77. The van der Waals surface area contributed by atoms with Gasteiger partial charge in [-0.25, -0.2) is 0 Å². The van der Waals surface area contributed by atoms with Gasteiger partial charge in [0.1, 0.15) is 0 Å². The van der Waals surface area contributed by atoms with Crippen molar-refractivity contribution in [3.05, 3.63) is 35.4 Å². The number of aryl methyl sites for hydroxylation is 1. The smallest absolute Gasteiger partial charge is 0.0165 e. The van der Waals surface area contributed by atoms with Crippen molar-refractivity contribution in [2.75, 3.05) is 13.1 Å². The molecule has 1 aromatic rings. The van der Waals surface area contributed by atoms with E-state index < -0.39 is 0 Å². The lowest BCUT2D eigenvalue weighted by Crippen LogP contribution is -2.42. The first kappa shape index (κ1) is 13.6. The van der Waals surface area contributed by atoms with Gasteiger partial charge in [0.2, 0.25) is 0 Å². The molecule has 0 fully saturated rings. The zero-order chi connectivity index (χ0) is 13.0. The molecule has 2 atom stereocenters. The zero-order valence-corrected chi connectivity index (χ0v) is 12.2. The third kappa shape index (κ3) is 2.77. The Balaban J connectivity index is 2.16. The van der Waals surface area contributed by atoms with Crippen LogP contribution in [0.5, 0.6) is 0 Å². The molecule has 100 valence electrons. The summed E-state index contributed by atoms with van der Waals surface area (Å²) in [6, 6.07) is 9.78. The van der Waals surface area contributed by atoms with Crippen LogP contribution in [0.15, 0.2) is 24.3 Å². The van der Waals surface area contributed by atoms with Crippen LogP contribution in [-0.2, 0) is 6.42 Å². The van der Waals surface area contributed by atoms with E-state index in [0.29, 0.717) is 5.92 Å². The monoisotopic (exact) mass is 245 g/mol. The number of nitrogens with zero attached hydrogens (tertiary/aromatic N) is 1. The molecule has 1 aliphatic carbocycles. The number of hydrogen-bond donors (Lipinski definition) is 0. The SMILES string of the molecule is CCCN(CCC)C1CCc2ccccc2C1C. The second-order valence-corrected chi connectivity index (χ2v) is 5.63. The molecule has 1 heteroatoms. The summed E-state index contributed by atoms with van der Waals surface area (Å²) in [7, 11) is 0. The molecule has 2 unspecified atom stereocenters. The van der Waals surface area contributed by atoms with Crippen LogP contribution in [-0.4, -0.2) is 24.0 Å². The number of rotatable bonds is 5. The summed E-state index contributed by atoms with van der Waals surface area (Å²) < 4.78 is 0. The van der Waals surface area contributed by atoms with Crippen LogP contribution < -0.4 is 0 Å². The molecular weight excluding hydrogens is 218 g/mol. The average Bonchev–Trinajstić information content (AvgIpc) is 2.39. The van der Waals surface area contributed by atoms with E-state index in [4.69, 9.17) is 0 Å². The van der Waals surface area contributed by atoms with Crippen LogP contribution in [0.2, 0.25) is 0 Å². The molecule has 1 nitrogen and oxygen atoms in total. The Labute approximate surface area is 112 Å². The Kier molecular flexibility index (Phi) is 4.82. The van der Waals surface area contributed by atoms with Gasteiger partial charge in [-0.3, -0.25) is 4.90 Å². The molecular formula is C17H27N. The predicted molar refractivity (Wildman–Crippen MR) is 79.1 cm³/mol. The first-order valence-electron chi connectivity index (χ1n) is 7.59. The van der Waals surface area contributed by atoms with Crippen molar-refractivity contribution in [1.29, 1.82) is 0 Å². The van der Waals surface area contributed by atoms with E-state index in [1.54, 1.807) is 11.1 Å². The summed E-state index contributed by atoms with van der Waals surface area (Å²) >= 11 is 0. The van der Waals surface area contributed by atoms with Gasteiger partial charge in [0.25, 0.3) is 0 Å². The quantitative estimate of drug-likeness (QED) is 0.750. The van der Waals surface area contributed by atoms with Crippen molar-refractivity contribution in [3.8, 4) is 0 Å². The summed E-state index contributed by atoms with van der Waals surface area (Å²) in [5, 5.41) is 0. The summed E-state index contributed by atoms with van der Waals surface area (Å²) in [5.41, 5.74) is 3.17. The van der Waals surface area contributed by atoms with E-state index in [1.165, 1.54) is 38.8 Å². The van der Waals surface area contributed by atoms with Crippen LogP contribution in [0, 0.1) is 0 Å². The van der Waals surface area contributed by atoms with Gasteiger partial charge in [0.05, 0.1) is 0 Å². The van der Waals surface area contributed by atoms with Crippen LogP contribution in [0.1, 0.15) is 57.1 Å². The van der Waals surface area contributed by atoms with Crippen molar-refractivity contribution in [2.45, 2.75) is 58.4 Å². The van der Waals surface area contributed by atoms with Crippen molar-refractivity contribution >= 4 is 0 Å². The summed E-state index contributed by atoms with van der Waals surface area (Å²) in [4.78, 5) is 2.72. The maximum atomic E-state index is 2.72. The van der Waals surface area contributed by atoms with E-state index >= 15 is 0 Å². The van der Waals surface area contributed by atoms with Gasteiger partial charge in [0, 0.05) is 6.04 Å². The molecule has 0 aliphatic heterocycles. The molecule has 0 aromatic heterocycles. The topological polar surface area (TPSA) is 3.24 Å². The Morgan fingerprint density at radius 3 is 2.44 bits per heavy atom. The van der Waals surface area contributed by atoms with Gasteiger partial charge in [0.15, 0.2) is 0 Å². The van der Waals surface area contributed by atoms with Gasteiger partial charge >= 0.3 is 0 Å². The summed E-state index contributed by atoms with van der Waals surface area (Å²) in [6.45, 7) is 9.52. The minimum absolute atomic E-state index is 0.688. The van der Waals surface area contributed by atoms with E-state index in [9.17, 15) is 0 Å². The second kappa shape index (κ2) is 6.38. The minimum atomic E-state index is 0.688. The zero-order valence-electron chi connectivity index (χ0n) is 12.2. The standard InChI is InChI=1S/C17H27N/c1-4-12-18(13-5-2)17-11-10-15-8-6-7-9-16(15)14(17)3/h6-9,14,17H,4-5,10-13H2,1-3H3. The number of hydrogen-bond acceptors (Lipinski definition) is 1. The van der Waals surface area contributed by atoms with Gasteiger partial charge in [-0.05, 0) is 55.8 Å². The lowest BCUT2D eigenvalue weighted by atomic mass is 9.79. The molecule has 0 amide bonds. The molecule has 0 heterocycles. The Morgan fingerprint density at radius 2 is 1.78 bits per heavy atom. The fourth-order valence-corrected chi connectivity index (χ4v) is 3.48. The molecule has 0 saturated heterocycles. The lowest BCUT2D eigenvalue weighted by Gasteiger charge is -2.39. The average molecular weight is 245 g/mol. The highest BCUT2D eigenvalue weighted by Gasteiger charge is 2.29. The van der Waals surface area contributed by atoms with Crippen LogP contribution in [0.25, 0.3) is 0 Å². The van der Waals surface area contributed by atoms with Crippen LogP contribution >= 0.6 is 0 Å². The Morgan fingerprint density at radius 1 is 1.11 bits per heavy atom. The van der Waals surface area contributed by atoms with Crippen LogP contribution in [0.4, 0.5) is 0 Å². The van der Waals surface area contributed by atoms with E-state index in [0.717, 1.165) is 6.04 Å². The van der Waals surface area contributed by atoms with E-state index in [-0.39, 0.29) is 0 Å². The number of benzene rings is 1. The fourth-order valence-electron chi connectivity index (χ4n) is 3.48. The largest absolute Gasteiger partial charge is 0.300 e. The third-order valence-electron chi connectivity index (χ3n) is 4.32. The Hall–Kier alpha value is -0.820. The number of fused-ring (bicyclic) bond motifs is 1. The highest BCUT2D eigenvalue weighted by atomic mass is 15.2. The highest BCUT2D eigenvalue weighted by Crippen LogP contribution is 2.34. The normalized spacial score (nSPS) is 23.1. The molecule has 0 N–H and O–H groups in total. The second-order valence-electron chi connectivity index (χ2n) is 5.63. The fraction of sp³-hybridized carbons (Fsp3) is 0.647. The van der Waals surface area contributed by atoms with Gasteiger partial charge in [-0.1, -0.05) is 45.0 Å². The van der Waals surface area contributed by atoms with E-state index in [1.807, 2.05) is 0 Å². The molecule has 0 radical (unpaired) electrons. The van der Waals surface area contributed by atoms with Crippen molar-refractivity contribution in [1.82, 2.24) is 4.90 Å². The maximum absolute atomic E-state index is 2.72. The first-order valence-corrected chi connectivity index (χ1v) is 7.59. The molecule has 18 heavy (non-hydrogen) atoms. The third-order valence-corrected chi connectivity index (χ3v) is 4.32. The minimum Gasteiger partial charge on any atom is -0.300 e. The van der Waals surface area contributed by atoms with Gasteiger partial charge in [-0.2, -0.15) is 0 Å². The lowest BCUT2D eigenvalue weighted by molar-refractivity contribution is 0.159. The molecule has 2 rings (SSSR count). The van der Waals surface area contributed by atoms with Crippen molar-refractivity contribution < 1.29 is 0 Å². The van der Waals surface area contributed by atoms with Crippen molar-refractivity contribution in [3.63, 3.8) is 0 Å².